The second kappa shape index (κ2) is 11.2. The van der Waals surface area contributed by atoms with Gasteiger partial charge in [-0.15, -0.1) is 0 Å². The van der Waals surface area contributed by atoms with Crippen LogP contribution in [0, 0.1) is 0 Å². The third kappa shape index (κ3) is 5.56. The molecule has 3 aromatic rings. The Kier molecular flexibility index (Phi) is 7.74. The smallest absolute Gasteiger partial charge is 0.332 e. The summed E-state index contributed by atoms with van der Waals surface area (Å²) in [5.74, 6) is 0.918. The number of nitrogens with zero attached hydrogens (tertiary/aromatic N) is 5. The average molecular weight is 535 g/mol. The Balaban J connectivity index is 1.53. The molecule has 208 valence electrons. The summed E-state index contributed by atoms with van der Waals surface area (Å²) in [7, 11) is 1.59. The van der Waals surface area contributed by atoms with Gasteiger partial charge in [0.05, 0.1) is 12.6 Å². The molecular weight excluding hydrogens is 496 g/mol. The fraction of sp³-hybridized carbons (Fsp3) is 0.517. The standard InChI is InChI=1S/C29H38N6O4/c1-19(2)13-15-34-25-26(31-28(34)33-14-7-9-21(30)17-33)32(3)29(38)35(27(25)37)18-24(36)20-8-6-12-23(16-20)39-22-10-4-5-11-22/h6,8,12-13,16,21-22H,4-5,7,9-11,14-15,17-18,30H2,1-3H3. The van der Waals surface area contributed by atoms with Crippen molar-refractivity contribution in [1.29, 1.82) is 0 Å². The zero-order valence-corrected chi connectivity index (χ0v) is 23.1. The van der Waals surface area contributed by atoms with Crippen LogP contribution in [0.15, 0.2) is 45.5 Å². The summed E-state index contributed by atoms with van der Waals surface area (Å²) in [6.07, 6.45) is 8.36. The molecule has 1 aromatic carbocycles. The molecule has 10 nitrogen and oxygen atoms in total. The number of anilines is 1. The summed E-state index contributed by atoms with van der Waals surface area (Å²) in [5.41, 5.74) is 7.25. The maximum atomic E-state index is 13.8. The number of fused-ring (bicyclic) bond motifs is 1. The van der Waals surface area contributed by atoms with E-state index in [0.717, 1.165) is 55.2 Å². The molecule has 2 N–H and O–H groups in total. The van der Waals surface area contributed by atoms with Gasteiger partial charge in [0.15, 0.2) is 16.9 Å². The van der Waals surface area contributed by atoms with Crippen molar-refractivity contribution in [3.8, 4) is 5.75 Å². The number of carbonyl (C=O) groups is 1. The van der Waals surface area contributed by atoms with Gasteiger partial charge >= 0.3 is 5.69 Å². The van der Waals surface area contributed by atoms with Crippen molar-refractivity contribution >= 4 is 22.9 Å². The summed E-state index contributed by atoms with van der Waals surface area (Å²) >= 11 is 0. The van der Waals surface area contributed by atoms with E-state index in [1.807, 2.05) is 30.6 Å². The van der Waals surface area contributed by atoms with Crippen LogP contribution in [0.5, 0.6) is 5.75 Å². The Morgan fingerprint density at radius 3 is 2.62 bits per heavy atom. The molecule has 39 heavy (non-hydrogen) atoms. The van der Waals surface area contributed by atoms with Gasteiger partial charge in [0, 0.05) is 38.3 Å². The van der Waals surface area contributed by atoms with Gasteiger partial charge in [-0.3, -0.25) is 18.7 Å². The van der Waals surface area contributed by atoms with Crippen molar-refractivity contribution in [3.63, 3.8) is 0 Å². The van der Waals surface area contributed by atoms with Crippen LogP contribution in [0.1, 0.15) is 62.7 Å². The molecule has 1 saturated heterocycles. The predicted molar refractivity (Wildman–Crippen MR) is 152 cm³/mol. The molecule has 1 saturated carbocycles. The number of hydrogen-bond donors (Lipinski definition) is 1. The SMILES string of the molecule is CC(C)=CCn1c(N2CCCC(N)C2)nc2c1c(=O)n(CC(=O)c1cccc(OC3CCCC3)c1)c(=O)n2C. The Morgan fingerprint density at radius 2 is 1.90 bits per heavy atom. The first-order valence-corrected chi connectivity index (χ1v) is 13.9. The van der Waals surface area contributed by atoms with Crippen molar-refractivity contribution in [2.45, 2.75) is 77.6 Å². The fourth-order valence-electron chi connectivity index (χ4n) is 5.56. The van der Waals surface area contributed by atoms with Gasteiger partial charge in [0.25, 0.3) is 5.56 Å². The van der Waals surface area contributed by atoms with Crippen LogP contribution < -0.4 is 26.6 Å². The maximum absolute atomic E-state index is 13.8. The molecule has 3 heterocycles. The third-order valence-corrected chi connectivity index (χ3v) is 7.70. The minimum Gasteiger partial charge on any atom is -0.490 e. The Hall–Kier alpha value is -3.66. The zero-order chi connectivity index (χ0) is 27.7. The average Bonchev–Trinajstić information content (AvgIpc) is 3.57. The van der Waals surface area contributed by atoms with E-state index in [-0.39, 0.29) is 24.5 Å². The molecule has 0 bridgehead atoms. The summed E-state index contributed by atoms with van der Waals surface area (Å²) in [4.78, 5) is 47.3. The molecule has 1 unspecified atom stereocenters. The number of ether oxygens (including phenoxy) is 1. The maximum Gasteiger partial charge on any atom is 0.332 e. The summed E-state index contributed by atoms with van der Waals surface area (Å²) in [5, 5.41) is 0. The molecule has 1 aliphatic heterocycles. The first-order valence-electron chi connectivity index (χ1n) is 13.9. The number of aromatic nitrogens is 4. The first-order chi connectivity index (χ1) is 18.7. The highest BCUT2D eigenvalue weighted by molar-refractivity contribution is 5.96. The van der Waals surface area contributed by atoms with E-state index < -0.39 is 11.2 Å². The number of nitrogens with two attached hydrogens (primary N) is 1. The number of Topliss-reactive ketones (excluding diaryl/α,β-unsaturated/α-hetero) is 1. The number of ketones is 1. The van der Waals surface area contributed by atoms with Crippen LogP contribution >= 0.6 is 0 Å². The van der Waals surface area contributed by atoms with Crippen LogP contribution in [-0.2, 0) is 20.1 Å². The minimum absolute atomic E-state index is 0.0157. The zero-order valence-electron chi connectivity index (χ0n) is 23.1. The molecular formula is C29H38N6O4. The minimum atomic E-state index is -0.576. The third-order valence-electron chi connectivity index (χ3n) is 7.70. The summed E-state index contributed by atoms with van der Waals surface area (Å²) < 4.78 is 10.3. The van der Waals surface area contributed by atoms with E-state index in [1.54, 1.807) is 25.2 Å². The largest absolute Gasteiger partial charge is 0.490 e. The van der Waals surface area contributed by atoms with Gasteiger partial charge in [-0.25, -0.2) is 4.79 Å². The van der Waals surface area contributed by atoms with E-state index in [2.05, 4.69) is 4.90 Å². The molecule has 1 aliphatic carbocycles. The molecule has 10 heteroatoms. The number of hydrogen-bond acceptors (Lipinski definition) is 7. The van der Waals surface area contributed by atoms with E-state index in [0.29, 0.717) is 41.5 Å². The first kappa shape index (κ1) is 26.9. The summed E-state index contributed by atoms with van der Waals surface area (Å²) in [6.45, 7) is 5.43. The Labute approximate surface area is 227 Å². The number of carbonyl (C=O) groups excluding carboxylic acids is 1. The lowest BCUT2D eigenvalue weighted by molar-refractivity contribution is 0.0968. The summed E-state index contributed by atoms with van der Waals surface area (Å²) in [6, 6.07) is 7.01. The van der Waals surface area contributed by atoms with Crippen LogP contribution in [0.4, 0.5) is 5.95 Å². The van der Waals surface area contributed by atoms with Crippen LogP contribution in [0.2, 0.25) is 0 Å². The van der Waals surface area contributed by atoms with E-state index in [1.165, 1.54) is 4.57 Å². The monoisotopic (exact) mass is 534 g/mol. The van der Waals surface area contributed by atoms with Crippen molar-refractivity contribution in [3.05, 3.63) is 62.3 Å². The lowest BCUT2D eigenvalue weighted by Crippen LogP contribution is -2.44. The van der Waals surface area contributed by atoms with Crippen LogP contribution in [0.25, 0.3) is 11.2 Å². The molecule has 5 rings (SSSR count). The molecule has 0 radical (unpaired) electrons. The second-order valence-corrected chi connectivity index (χ2v) is 11.0. The highest BCUT2D eigenvalue weighted by Crippen LogP contribution is 2.25. The normalized spacial score (nSPS) is 18.1. The Bertz CT molecular complexity index is 1520. The number of aryl methyl sites for hydroxylation is 1. The van der Waals surface area contributed by atoms with Crippen molar-refractivity contribution in [2.75, 3.05) is 18.0 Å². The molecule has 2 aliphatic rings. The Morgan fingerprint density at radius 1 is 1.13 bits per heavy atom. The number of piperidine rings is 1. The number of allylic oxidation sites excluding steroid dienone is 2. The van der Waals surface area contributed by atoms with Gasteiger partial charge in [-0.05, 0) is 64.5 Å². The van der Waals surface area contributed by atoms with Gasteiger partial charge in [0.1, 0.15) is 5.75 Å². The topological polar surface area (TPSA) is 117 Å². The van der Waals surface area contributed by atoms with Crippen LogP contribution in [0.3, 0.4) is 0 Å². The molecule has 0 spiro atoms. The second-order valence-electron chi connectivity index (χ2n) is 11.0. The molecule has 2 fully saturated rings. The number of benzene rings is 1. The van der Waals surface area contributed by atoms with Crippen molar-refractivity contribution in [2.24, 2.45) is 12.8 Å². The van der Waals surface area contributed by atoms with E-state index in [4.69, 9.17) is 15.5 Å². The molecule has 2 aromatic heterocycles. The van der Waals surface area contributed by atoms with Crippen molar-refractivity contribution in [1.82, 2.24) is 18.7 Å². The van der Waals surface area contributed by atoms with Gasteiger partial charge in [-0.1, -0.05) is 23.8 Å². The van der Waals surface area contributed by atoms with Crippen LogP contribution in [-0.4, -0.2) is 49.7 Å². The fourth-order valence-corrected chi connectivity index (χ4v) is 5.56. The lowest BCUT2D eigenvalue weighted by Gasteiger charge is -2.31. The number of imidazole rings is 1. The lowest BCUT2D eigenvalue weighted by atomic mass is 10.1. The number of rotatable bonds is 8. The predicted octanol–water partition coefficient (Wildman–Crippen LogP) is 2.99. The quantitative estimate of drug-likeness (QED) is 0.349. The molecule has 1 atom stereocenters. The highest BCUT2D eigenvalue weighted by atomic mass is 16.5. The van der Waals surface area contributed by atoms with Gasteiger partial charge in [-0.2, -0.15) is 4.98 Å². The van der Waals surface area contributed by atoms with E-state index in [9.17, 15) is 14.4 Å². The highest BCUT2D eigenvalue weighted by Gasteiger charge is 2.27. The van der Waals surface area contributed by atoms with Gasteiger partial charge < -0.3 is 19.9 Å². The molecule has 0 amide bonds. The van der Waals surface area contributed by atoms with Crippen molar-refractivity contribution < 1.29 is 9.53 Å². The van der Waals surface area contributed by atoms with E-state index >= 15 is 0 Å². The van der Waals surface area contributed by atoms with Gasteiger partial charge in [0.2, 0.25) is 5.95 Å².